The van der Waals surface area contributed by atoms with Crippen LogP contribution in [0.1, 0.15) is 55.1 Å². The number of rotatable bonds is 12. The van der Waals surface area contributed by atoms with E-state index in [-0.39, 0.29) is 35.7 Å². The largest absolute Gasteiger partial charge is 0.491 e. The SMILES string of the molecule is CC[C@H]1CN(c2nc(N)c(C(=O)NCCO)nc2Cl)CCN1C1CCN(Cc2ccc(N)cc2OCCN2CCCC2=O)CC1. The molecule has 14 heteroatoms. The van der Waals surface area contributed by atoms with Crippen LogP contribution < -0.4 is 26.4 Å². The highest BCUT2D eigenvalue weighted by atomic mass is 35.5. The summed E-state index contributed by atoms with van der Waals surface area (Å²) < 4.78 is 6.14. The molecule has 246 valence electrons. The maximum atomic E-state index is 12.3. The molecule has 3 aliphatic heterocycles. The molecule has 5 rings (SSSR count). The van der Waals surface area contributed by atoms with Crippen LogP contribution >= 0.6 is 11.6 Å². The summed E-state index contributed by atoms with van der Waals surface area (Å²) in [5.41, 5.74) is 13.9. The zero-order chi connectivity index (χ0) is 31.9. The number of amides is 2. The number of aromatic nitrogens is 2. The fourth-order valence-electron chi connectivity index (χ4n) is 6.64. The number of piperidine rings is 1. The number of hydrogen-bond donors (Lipinski definition) is 4. The molecule has 0 saturated carbocycles. The van der Waals surface area contributed by atoms with E-state index in [0.29, 0.717) is 43.2 Å². The van der Waals surface area contributed by atoms with Gasteiger partial charge in [0.05, 0.1) is 13.2 Å². The van der Waals surface area contributed by atoms with Crippen LogP contribution in [0.15, 0.2) is 18.2 Å². The number of likely N-dealkylation sites (tertiary alicyclic amines) is 2. The van der Waals surface area contributed by atoms with Gasteiger partial charge in [-0.15, -0.1) is 0 Å². The molecule has 1 aromatic heterocycles. The van der Waals surface area contributed by atoms with E-state index in [9.17, 15) is 9.59 Å². The smallest absolute Gasteiger partial charge is 0.273 e. The van der Waals surface area contributed by atoms with Crippen molar-refractivity contribution in [2.75, 3.05) is 81.9 Å². The number of halogens is 1. The van der Waals surface area contributed by atoms with Gasteiger partial charge in [0.2, 0.25) is 5.91 Å². The summed E-state index contributed by atoms with van der Waals surface area (Å²) in [5, 5.41) is 11.7. The number of ether oxygens (including phenoxy) is 1. The first-order valence-corrected chi connectivity index (χ1v) is 16.4. The predicted molar refractivity (Wildman–Crippen MR) is 174 cm³/mol. The highest BCUT2D eigenvalue weighted by Crippen LogP contribution is 2.31. The van der Waals surface area contributed by atoms with Crippen LogP contribution in [0.3, 0.4) is 0 Å². The van der Waals surface area contributed by atoms with E-state index < -0.39 is 5.91 Å². The maximum Gasteiger partial charge on any atom is 0.273 e. The van der Waals surface area contributed by atoms with Crippen LogP contribution in [-0.2, 0) is 11.3 Å². The topological polar surface area (TPSA) is 166 Å². The van der Waals surface area contributed by atoms with Crippen molar-refractivity contribution in [2.24, 2.45) is 0 Å². The quantitative estimate of drug-likeness (QED) is 0.248. The molecule has 3 aliphatic rings. The maximum absolute atomic E-state index is 12.3. The number of nitrogens with one attached hydrogen (secondary N) is 1. The van der Waals surface area contributed by atoms with Gasteiger partial charge < -0.3 is 36.4 Å². The average molecular weight is 644 g/mol. The molecule has 45 heavy (non-hydrogen) atoms. The molecular weight excluding hydrogens is 598 g/mol. The number of nitrogens with zero attached hydrogens (tertiary/aromatic N) is 6. The Morgan fingerprint density at radius 2 is 1.96 bits per heavy atom. The van der Waals surface area contributed by atoms with E-state index in [1.807, 2.05) is 17.0 Å². The summed E-state index contributed by atoms with van der Waals surface area (Å²) in [6.45, 7) is 9.10. The third-order valence-electron chi connectivity index (χ3n) is 9.08. The lowest BCUT2D eigenvalue weighted by atomic mass is 9.97. The molecule has 4 heterocycles. The number of aliphatic hydroxyl groups excluding tert-OH is 1. The number of nitrogens with two attached hydrogens (primary N) is 2. The van der Waals surface area contributed by atoms with Crippen LogP contribution in [0.5, 0.6) is 5.75 Å². The van der Waals surface area contributed by atoms with Gasteiger partial charge in [-0.25, -0.2) is 9.97 Å². The Bertz CT molecular complexity index is 1340. The lowest BCUT2D eigenvalue weighted by Gasteiger charge is -2.47. The van der Waals surface area contributed by atoms with Gasteiger partial charge >= 0.3 is 0 Å². The van der Waals surface area contributed by atoms with E-state index >= 15 is 0 Å². The number of piperazine rings is 1. The van der Waals surface area contributed by atoms with Gasteiger partial charge in [-0.2, -0.15) is 0 Å². The molecule has 2 aromatic rings. The van der Waals surface area contributed by atoms with Crippen LogP contribution in [0.2, 0.25) is 5.15 Å². The average Bonchev–Trinajstić information content (AvgIpc) is 3.46. The van der Waals surface area contributed by atoms with Crippen LogP contribution in [0, 0.1) is 0 Å². The number of aliphatic hydroxyl groups is 1. The van der Waals surface area contributed by atoms with Crippen LogP contribution in [0.4, 0.5) is 17.3 Å². The third-order valence-corrected chi connectivity index (χ3v) is 9.33. The fraction of sp³-hybridized carbons (Fsp3) is 0.613. The highest BCUT2D eigenvalue weighted by Gasteiger charge is 2.34. The lowest BCUT2D eigenvalue weighted by molar-refractivity contribution is -0.128. The molecule has 2 amide bonds. The van der Waals surface area contributed by atoms with E-state index in [4.69, 9.17) is 32.9 Å². The Hall–Kier alpha value is -3.39. The van der Waals surface area contributed by atoms with Crippen molar-refractivity contribution >= 4 is 40.7 Å². The summed E-state index contributed by atoms with van der Waals surface area (Å²) in [4.78, 5) is 42.1. The standard InChI is InChI=1S/C31H46ClN9O4/c1-2-23-20-40(30-28(32)36-27(29(34)37-30)31(44)35-9-16-42)13-14-41(23)24-7-11-38(12-8-24)19-21-5-6-22(33)18-25(21)45-17-15-39-10-3-4-26(39)43/h5-6,18,23-24,42H,2-4,7-17,19-20,33H2,1H3,(H2,34,37)(H,35,44)/t23-/m0/s1. The number of benzene rings is 1. The van der Waals surface area contributed by atoms with Gasteiger partial charge in [0.1, 0.15) is 12.4 Å². The molecule has 0 radical (unpaired) electrons. The van der Waals surface area contributed by atoms with Crippen molar-refractivity contribution < 1.29 is 19.4 Å². The second kappa shape index (κ2) is 15.3. The molecule has 0 bridgehead atoms. The lowest BCUT2D eigenvalue weighted by Crippen LogP contribution is -2.58. The summed E-state index contributed by atoms with van der Waals surface area (Å²) in [6.07, 6.45) is 4.68. The Morgan fingerprint density at radius 1 is 1.16 bits per heavy atom. The van der Waals surface area contributed by atoms with Crippen molar-refractivity contribution in [1.82, 2.24) is 30.0 Å². The summed E-state index contributed by atoms with van der Waals surface area (Å²) in [7, 11) is 0. The van der Waals surface area contributed by atoms with Crippen LogP contribution in [-0.4, -0.2) is 119 Å². The molecule has 3 fully saturated rings. The normalized spacial score (nSPS) is 20.2. The molecule has 0 aliphatic carbocycles. The van der Waals surface area contributed by atoms with Gasteiger partial charge in [-0.05, 0) is 44.8 Å². The molecule has 3 saturated heterocycles. The number of nitrogen functional groups attached to an aromatic ring is 2. The third kappa shape index (κ3) is 8.07. The number of hydrogen-bond acceptors (Lipinski definition) is 11. The Morgan fingerprint density at radius 3 is 2.67 bits per heavy atom. The fourth-order valence-corrected chi connectivity index (χ4v) is 6.88. The van der Waals surface area contributed by atoms with Crippen molar-refractivity contribution in [2.45, 2.75) is 57.7 Å². The monoisotopic (exact) mass is 643 g/mol. The van der Waals surface area contributed by atoms with Gasteiger partial charge in [-0.1, -0.05) is 24.6 Å². The van der Waals surface area contributed by atoms with Gasteiger partial charge in [-0.3, -0.25) is 19.4 Å². The molecule has 1 aromatic carbocycles. The zero-order valence-electron chi connectivity index (χ0n) is 26.1. The highest BCUT2D eigenvalue weighted by molar-refractivity contribution is 6.32. The minimum Gasteiger partial charge on any atom is -0.491 e. The van der Waals surface area contributed by atoms with Gasteiger partial charge in [0.25, 0.3) is 5.91 Å². The summed E-state index contributed by atoms with van der Waals surface area (Å²) >= 11 is 6.50. The molecule has 0 spiro atoms. The van der Waals surface area contributed by atoms with Crippen molar-refractivity contribution in [3.63, 3.8) is 0 Å². The molecule has 6 N–H and O–H groups in total. The van der Waals surface area contributed by atoms with Crippen molar-refractivity contribution in [1.29, 1.82) is 0 Å². The number of carbonyl (C=O) groups is 2. The first kappa shape index (κ1) is 33.0. The summed E-state index contributed by atoms with van der Waals surface area (Å²) in [5.74, 6) is 1.00. The van der Waals surface area contributed by atoms with Gasteiger partial charge in [0, 0.05) is 75.1 Å². The predicted octanol–water partition coefficient (Wildman–Crippen LogP) is 1.58. The van der Waals surface area contributed by atoms with Crippen molar-refractivity contribution in [3.05, 3.63) is 34.6 Å². The Balaban J connectivity index is 1.14. The van der Waals surface area contributed by atoms with Crippen molar-refractivity contribution in [3.8, 4) is 5.75 Å². The van der Waals surface area contributed by atoms with Crippen LogP contribution in [0.25, 0.3) is 0 Å². The van der Waals surface area contributed by atoms with E-state index in [1.54, 1.807) is 0 Å². The molecular formula is C31H46ClN9O4. The first-order valence-electron chi connectivity index (χ1n) is 16.0. The number of anilines is 3. The number of carbonyl (C=O) groups excluding carboxylic acids is 2. The van der Waals surface area contributed by atoms with E-state index in [1.165, 1.54) is 0 Å². The molecule has 0 unspecified atom stereocenters. The Labute approximate surface area is 269 Å². The second-order valence-corrected chi connectivity index (χ2v) is 12.4. The zero-order valence-corrected chi connectivity index (χ0v) is 26.8. The molecule has 1 atom stereocenters. The summed E-state index contributed by atoms with van der Waals surface area (Å²) in [6, 6.07) is 6.68. The minimum absolute atomic E-state index is 0.0176. The van der Waals surface area contributed by atoms with E-state index in [2.05, 4.69) is 43.0 Å². The second-order valence-electron chi connectivity index (χ2n) is 12.0. The van der Waals surface area contributed by atoms with Gasteiger partial charge in [0.15, 0.2) is 22.5 Å². The van der Waals surface area contributed by atoms with E-state index in [0.717, 1.165) is 82.8 Å². The first-order chi connectivity index (χ1) is 21.8. The minimum atomic E-state index is -0.513. The molecule has 13 nitrogen and oxygen atoms in total. The Kier molecular flexibility index (Phi) is 11.2.